The third kappa shape index (κ3) is 3.52. The normalized spacial score (nSPS) is 10.3. The summed E-state index contributed by atoms with van der Waals surface area (Å²) in [6.07, 6.45) is 0. The van der Waals surface area contributed by atoms with Crippen LogP contribution in [-0.4, -0.2) is 12.0 Å². The van der Waals surface area contributed by atoms with Crippen LogP contribution in [0.1, 0.15) is 11.1 Å². The second-order valence-corrected chi connectivity index (χ2v) is 5.05. The molecule has 0 aliphatic heterocycles. The molecule has 0 aliphatic rings. The minimum atomic E-state index is 0.508. The second kappa shape index (κ2) is 6.13. The Morgan fingerprint density at radius 2 is 1.68 bits per heavy atom. The summed E-state index contributed by atoms with van der Waals surface area (Å²) in [5.41, 5.74) is 2.41. The van der Waals surface area contributed by atoms with Crippen LogP contribution in [0, 0.1) is 6.92 Å². The third-order valence-corrected chi connectivity index (χ3v) is 3.32. The number of hydrogen-bond donors (Lipinski definition) is 2. The molecule has 1 aromatic carbocycles. The quantitative estimate of drug-likeness (QED) is 0.880. The van der Waals surface area contributed by atoms with Crippen LogP contribution in [0.2, 0.25) is 10.0 Å². The van der Waals surface area contributed by atoms with Crippen LogP contribution in [0.5, 0.6) is 0 Å². The van der Waals surface area contributed by atoms with E-state index in [0.29, 0.717) is 28.2 Å². The Balaban J connectivity index is 2.13. The Kier molecular flexibility index (Phi) is 4.51. The zero-order valence-corrected chi connectivity index (χ0v) is 12.3. The number of hydrogen-bond acceptors (Lipinski definition) is 3. The summed E-state index contributed by atoms with van der Waals surface area (Å²) in [4.78, 5) is 4.34. The van der Waals surface area contributed by atoms with Crippen LogP contribution < -0.4 is 10.6 Å². The molecule has 0 saturated carbocycles. The minimum Gasteiger partial charge on any atom is -0.372 e. The summed E-state index contributed by atoms with van der Waals surface area (Å²) < 4.78 is 0. The summed E-state index contributed by atoms with van der Waals surface area (Å²) in [6.45, 7) is 2.73. The van der Waals surface area contributed by atoms with Gasteiger partial charge in [-0.1, -0.05) is 53.0 Å². The van der Waals surface area contributed by atoms with Gasteiger partial charge in [-0.25, -0.2) is 4.98 Å². The highest BCUT2D eigenvalue weighted by Crippen LogP contribution is 2.29. The standard InChI is InChI=1S/C14H15Cl2N3/c1-9-3-5-10(6-4-9)8-18-14-12(16)7-11(15)13(17-2)19-14/h3-7H,8H2,1-2H3,(H2,17,18,19). The first-order valence-electron chi connectivity index (χ1n) is 5.93. The fourth-order valence-corrected chi connectivity index (χ4v) is 2.18. The molecular weight excluding hydrogens is 281 g/mol. The van der Waals surface area contributed by atoms with Crippen LogP contribution in [0.4, 0.5) is 11.6 Å². The van der Waals surface area contributed by atoms with E-state index >= 15 is 0 Å². The van der Waals surface area contributed by atoms with E-state index in [9.17, 15) is 0 Å². The van der Waals surface area contributed by atoms with Crippen molar-refractivity contribution in [1.82, 2.24) is 4.98 Å². The molecule has 0 radical (unpaired) electrons. The van der Waals surface area contributed by atoms with Crippen molar-refractivity contribution in [2.45, 2.75) is 13.5 Å². The first-order chi connectivity index (χ1) is 9.10. The molecule has 2 rings (SSSR count). The summed E-state index contributed by atoms with van der Waals surface area (Å²) >= 11 is 12.1. The lowest BCUT2D eigenvalue weighted by Crippen LogP contribution is -2.04. The van der Waals surface area contributed by atoms with Crippen molar-refractivity contribution in [3.63, 3.8) is 0 Å². The third-order valence-electron chi connectivity index (χ3n) is 2.75. The molecule has 0 amide bonds. The molecule has 2 aromatic rings. The molecule has 0 fully saturated rings. The molecule has 0 saturated heterocycles. The van der Waals surface area contributed by atoms with Gasteiger partial charge in [0.05, 0.1) is 10.0 Å². The predicted octanol–water partition coefficient (Wildman–Crippen LogP) is 4.35. The summed E-state index contributed by atoms with van der Waals surface area (Å²) in [5.74, 6) is 1.23. The minimum absolute atomic E-state index is 0.508. The number of anilines is 2. The molecule has 1 heterocycles. The Morgan fingerprint density at radius 3 is 2.32 bits per heavy atom. The Bertz CT molecular complexity index is 568. The van der Waals surface area contributed by atoms with Crippen molar-refractivity contribution >= 4 is 34.8 Å². The van der Waals surface area contributed by atoms with Gasteiger partial charge < -0.3 is 10.6 Å². The molecule has 100 valence electrons. The van der Waals surface area contributed by atoms with Crippen molar-refractivity contribution in [3.8, 4) is 0 Å². The summed E-state index contributed by atoms with van der Waals surface area (Å²) in [7, 11) is 1.77. The van der Waals surface area contributed by atoms with E-state index in [-0.39, 0.29) is 0 Å². The highest BCUT2D eigenvalue weighted by atomic mass is 35.5. The maximum Gasteiger partial charge on any atom is 0.147 e. The molecular formula is C14H15Cl2N3. The lowest BCUT2D eigenvalue weighted by Gasteiger charge is -2.11. The number of nitrogens with one attached hydrogen (secondary N) is 2. The van der Waals surface area contributed by atoms with E-state index in [1.807, 2.05) is 0 Å². The average molecular weight is 296 g/mol. The monoisotopic (exact) mass is 295 g/mol. The van der Waals surface area contributed by atoms with Crippen LogP contribution in [0.25, 0.3) is 0 Å². The zero-order valence-electron chi connectivity index (χ0n) is 10.8. The van der Waals surface area contributed by atoms with E-state index in [4.69, 9.17) is 23.2 Å². The topological polar surface area (TPSA) is 37.0 Å². The van der Waals surface area contributed by atoms with Crippen LogP contribution in [0.15, 0.2) is 30.3 Å². The van der Waals surface area contributed by atoms with Gasteiger partial charge in [-0.15, -0.1) is 0 Å². The van der Waals surface area contributed by atoms with Gasteiger partial charge in [0.15, 0.2) is 0 Å². The van der Waals surface area contributed by atoms with Crippen LogP contribution >= 0.6 is 23.2 Å². The number of pyridine rings is 1. The predicted molar refractivity (Wildman–Crippen MR) is 82.3 cm³/mol. The van der Waals surface area contributed by atoms with E-state index < -0.39 is 0 Å². The average Bonchev–Trinajstić information content (AvgIpc) is 2.40. The fourth-order valence-electron chi connectivity index (χ4n) is 1.66. The number of nitrogens with zero attached hydrogens (tertiary/aromatic N) is 1. The fraction of sp³-hybridized carbons (Fsp3) is 0.214. The molecule has 0 unspecified atom stereocenters. The van der Waals surface area contributed by atoms with Crippen LogP contribution in [-0.2, 0) is 6.54 Å². The lowest BCUT2D eigenvalue weighted by molar-refractivity contribution is 1.11. The summed E-state index contributed by atoms with van der Waals surface area (Å²) in [6, 6.07) is 9.98. The molecule has 0 atom stereocenters. The van der Waals surface area contributed by atoms with Gasteiger partial charge in [0.25, 0.3) is 0 Å². The molecule has 5 heteroatoms. The molecule has 0 aliphatic carbocycles. The zero-order chi connectivity index (χ0) is 13.8. The molecule has 3 nitrogen and oxygen atoms in total. The maximum absolute atomic E-state index is 6.11. The molecule has 0 spiro atoms. The van der Waals surface area contributed by atoms with Gasteiger partial charge in [0, 0.05) is 13.6 Å². The highest BCUT2D eigenvalue weighted by molar-refractivity contribution is 6.37. The van der Waals surface area contributed by atoms with Crippen molar-refractivity contribution in [2.24, 2.45) is 0 Å². The summed E-state index contributed by atoms with van der Waals surface area (Å²) in [5, 5.41) is 7.15. The Morgan fingerprint density at radius 1 is 1.05 bits per heavy atom. The lowest BCUT2D eigenvalue weighted by atomic mass is 10.1. The first kappa shape index (κ1) is 14.0. The van der Waals surface area contributed by atoms with Crippen molar-refractivity contribution in [1.29, 1.82) is 0 Å². The van der Waals surface area contributed by atoms with Gasteiger partial charge in [-0.05, 0) is 18.6 Å². The smallest absolute Gasteiger partial charge is 0.147 e. The van der Waals surface area contributed by atoms with Crippen molar-refractivity contribution < 1.29 is 0 Å². The Labute approximate surface area is 123 Å². The van der Waals surface area contributed by atoms with E-state index in [2.05, 4.69) is 46.8 Å². The van der Waals surface area contributed by atoms with Crippen molar-refractivity contribution in [3.05, 3.63) is 51.5 Å². The van der Waals surface area contributed by atoms with E-state index in [1.54, 1.807) is 13.1 Å². The molecule has 19 heavy (non-hydrogen) atoms. The second-order valence-electron chi connectivity index (χ2n) is 4.24. The largest absolute Gasteiger partial charge is 0.372 e. The number of halogens is 2. The van der Waals surface area contributed by atoms with Gasteiger partial charge >= 0.3 is 0 Å². The van der Waals surface area contributed by atoms with E-state index in [1.165, 1.54) is 11.1 Å². The van der Waals surface area contributed by atoms with E-state index in [0.717, 1.165) is 0 Å². The molecule has 0 bridgehead atoms. The highest BCUT2D eigenvalue weighted by Gasteiger charge is 2.07. The number of aryl methyl sites for hydroxylation is 1. The number of aromatic nitrogens is 1. The molecule has 1 aromatic heterocycles. The first-order valence-corrected chi connectivity index (χ1v) is 6.69. The van der Waals surface area contributed by atoms with Gasteiger partial charge in [0.2, 0.25) is 0 Å². The van der Waals surface area contributed by atoms with Gasteiger partial charge in [-0.3, -0.25) is 0 Å². The van der Waals surface area contributed by atoms with Gasteiger partial charge in [-0.2, -0.15) is 0 Å². The maximum atomic E-state index is 6.11. The van der Waals surface area contributed by atoms with Crippen LogP contribution in [0.3, 0.4) is 0 Å². The SMILES string of the molecule is CNc1nc(NCc2ccc(C)cc2)c(Cl)cc1Cl. The van der Waals surface area contributed by atoms with Gasteiger partial charge in [0.1, 0.15) is 11.6 Å². The number of rotatable bonds is 4. The molecule has 2 N–H and O–H groups in total. The Hall–Kier alpha value is -1.45. The van der Waals surface area contributed by atoms with Crippen molar-refractivity contribution in [2.75, 3.05) is 17.7 Å². The number of benzene rings is 1.